The number of hydrogen-bond acceptors (Lipinski definition) is 5. The van der Waals surface area contributed by atoms with Crippen molar-refractivity contribution in [2.24, 2.45) is 0 Å². The molecule has 26 heavy (non-hydrogen) atoms. The van der Waals surface area contributed by atoms with Crippen LogP contribution in [0.15, 0.2) is 24.3 Å². The van der Waals surface area contributed by atoms with E-state index in [-0.39, 0.29) is 31.2 Å². The maximum atomic E-state index is 13.3. The van der Waals surface area contributed by atoms with Crippen molar-refractivity contribution in [1.82, 2.24) is 4.90 Å². The van der Waals surface area contributed by atoms with Gasteiger partial charge in [-0.15, -0.1) is 0 Å². The van der Waals surface area contributed by atoms with E-state index in [0.717, 1.165) is 5.56 Å². The highest BCUT2D eigenvalue weighted by atomic mass is 35.5. The van der Waals surface area contributed by atoms with Crippen LogP contribution in [0.1, 0.15) is 38.3 Å². The number of morpholine rings is 1. The molecule has 2 saturated heterocycles. The number of piperidine rings is 1. The minimum absolute atomic E-state index is 0.0233. The molecule has 3 rings (SSSR count). The molecule has 1 aromatic carbocycles. The fraction of sp³-hybridized carbons (Fsp3) is 0.611. The molecule has 0 N–H and O–H groups in total. The number of carbonyl (C=O) groups is 1. The Hall–Kier alpha value is -0.910. The number of ether oxygens (including phenoxy) is 1. The SMILES string of the molecule is CCOP(=O)(OCC)C1CC[C@H]2COC[C@@H](c3ccc(Cl)cc3)N2C1=O. The summed E-state index contributed by atoms with van der Waals surface area (Å²) >= 11 is 5.99. The predicted octanol–water partition coefficient (Wildman–Crippen LogP) is 4.04. The second-order valence-corrected chi connectivity index (χ2v) is 9.13. The van der Waals surface area contributed by atoms with Crippen molar-refractivity contribution in [1.29, 1.82) is 0 Å². The molecule has 1 aromatic rings. The first-order chi connectivity index (χ1) is 12.5. The Morgan fingerprint density at radius 3 is 2.42 bits per heavy atom. The molecule has 2 heterocycles. The average Bonchev–Trinajstić information content (AvgIpc) is 2.62. The molecule has 2 aliphatic heterocycles. The van der Waals surface area contributed by atoms with Crippen LogP contribution in [0.5, 0.6) is 0 Å². The minimum atomic E-state index is -3.49. The second-order valence-electron chi connectivity index (χ2n) is 6.47. The van der Waals surface area contributed by atoms with Crippen LogP contribution in [0.2, 0.25) is 5.02 Å². The Labute approximate surface area is 159 Å². The molecular weight excluding hydrogens is 377 g/mol. The largest absolute Gasteiger partial charge is 0.377 e. The number of amides is 1. The summed E-state index contributed by atoms with van der Waals surface area (Å²) in [5.41, 5.74) is 0.197. The predicted molar refractivity (Wildman–Crippen MR) is 99.5 cm³/mol. The molecule has 1 amide bonds. The van der Waals surface area contributed by atoms with E-state index in [2.05, 4.69) is 0 Å². The Morgan fingerprint density at radius 2 is 1.81 bits per heavy atom. The lowest BCUT2D eigenvalue weighted by molar-refractivity contribution is -0.151. The van der Waals surface area contributed by atoms with Gasteiger partial charge < -0.3 is 18.7 Å². The zero-order chi connectivity index (χ0) is 18.7. The van der Waals surface area contributed by atoms with Gasteiger partial charge in [0.05, 0.1) is 38.5 Å². The average molecular weight is 402 g/mol. The van der Waals surface area contributed by atoms with Gasteiger partial charge in [0.2, 0.25) is 5.91 Å². The van der Waals surface area contributed by atoms with E-state index in [1.54, 1.807) is 26.0 Å². The first-order valence-electron chi connectivity index (χ1n) is 9.04. The van der Waals surface area contributed by atoms with Gasteiger partial charge in [0, 0.05) is 5.02 Å². The summed E-state index contributed by atoms with van der Waals surface area (Å²) in [6, 6.07) is 7.17. The van der Waals surface area contributed by atoms with Crippen molar-refractivity contribution < 1.29 is 23.1 Å². The number of carbonyl (C=O) groups excluding carboxylic acids is 1. The van der Waals surface area contributed by atoms with Gasteiger partial charge in [-0.1, -0.05) is 23.7 Å². The lowest BCUT2D eigenvalue weighted by atomic mass is 9.94. The molecule has 0 saturated carbocycles. The van der Waals surface area contributed by atoms with Crippen LogP contribution in [0.25, 0.3) is 0 Å². The molecule has 8 heteroatoms. The lowest BCUT2D eigenvalue weighted by Gasteiger charge is -2.47. The van der Waals surface area contributed by atoms with E-state index in [4.69, 9.17) is 25.4 Å². The van der Waals surface area contributed by atoms with Crippen LogP contribution < -0.4 is 0 Å². The van der Waals surface area contributed by atoms with Gasteiger partial charge in [-0.2, -0.15) is 0 Å². The summed E-state index contributed by atoms with van der Waals surface area (Å²) in [6.45, 7) is 4.91. The molecule has 6 nitrogen and oxygen atoms in total. The van der Waals surface area contributed by atoms with E-state index >= 15 is 0 Å². The third kappa shape index (κ3) is 3.85. The summed E-state index contributed by atoms with van der Waals surface area (Å²) in [5, 5.41) is 0.641. The highest BCUT2D eigenvalue weighted by molar-refractivity contribution is 7.55. The maximum Gasteiger partial charge on any atom is 0.343 e. The molecule has 0 bridgehead atoms. The fourth-order valence-electron chi connectivity index (χ4n) is 3.74. The molecule has 0 spiro atoms. The third-order valence-electron chi connectivity index (χ3n) is 4.88. The number of rotatable bonds is 6. The van der Waals surface area contributed by atoms with Gasteiger partial charge in [0.1, 0.15) is 5.66 Å². The number of halogens is 1. The molecule has 144 valence electrons. The zero-order valence-corrected chi connectivity index (χ0v) is 16.7. The lowest BCUT2D eigenvalue weighted by Crippen LogP contribution is -2.57. The molecule has 1 unspecified atom stereocenters. The molecule has 0 aliphatic carbocycles. The van der Waals surface area contributed by atoms with Crippen LogP contribution in [-0.2, 0) is 23.1 Å². The Bertz CT molecular complexity index is 673. The zero-order valence-electron chi connectivity index (χ0n) is 15.1. The van der Waals surface area contributed by atoms with Crippen LogP contribution in [0, 0.1) is 0 Å². The van der Waals surface area contributed by atoms with Gasteiger partial charge in [-0.05, 0) is 44.4 Å². The second kappa shape index (κ2) is 8.41. The van der Waals surface area contributed by atoms with Crippen LogP contribution in [0.3, 0.4) is 0 Å². The van der Waals surface area contributed by atoms with Crippen molar-refractivity contribution in [2.45, 2.75) is 44.4 Å². The van der Waals surface area contributed by atoms with Gasteiger partial charge in [-0.3, -0.25) is 9.36 Å². The molecule has 0 radical (unpaired) electrons. The topological polar surface area (TPSA) is 65.1 Å². The van der Waals surface area contributed by atoms with Gasteiger partial charge >= 0.3 is 7.60 Å². The number of benzene rings is 1. The van der Waals surface area contributed by atoms with Gasteiger partial charge in [-0.25, -0.2) is 0 Å². The fourth-order valence-corrected chi connectivity index (χ4v) is 5.89. The quantitative estimate of drug-likeness (QED) is 0.673. The summed E-state index contributed by atoms with van der Waals surface area (Å²) in [4.78, 5) is 15.1. The van der Waals surface area contributed by atoms with Crippen molar-refractivity contribution in [3.8, 4) is 0 Å². The highest BCUT2D eigenvalue weighted by Crippen LogP contribution is 2.57. The molecule has 2 fully saturated rings. The van der Waals surface area contributed by atoms with E-state index in [1.165, 1.54) is 0 Å². The molecular formula is C18H25ClNO5P. The molecule has 2 aliphatic rings. The van der Waals surface area contributed by atoms with E-state index in [0.29, 0.717) is 31.1 Å². The third-order valence-corrected chi connectivity index (χ3v) is 7.61. The van der Waals surface area contributed by atoms with E-state index in [9.17, 15) is 9.36 Å². The van der Waals surface area contributed by atoms with Crippen LogP contribution >= 0.6 is 19.2 Å². The first kappa shape index (κ1) is 19.8. The van der Waals surface area contributed by atoms with Crippen molar-refractivity contribution in [3.63, 3.8) is 0 Å². The number of nitrogens with zero attached hydrogens (tertiary/aromatic N) is 1. The summed E-state index contributed by atoms with van der Waals surface area (Å²) < 4.78 is 29.8. The van der Waals surface area contributed by atoms with Crippen LogP contribution in [0.4, 0.5) is 0 Å². The van der Waals surface area contributed by atoms with E-state index in [1.807, 2.05) is 17.0 Å². The van der Waals surface area contributed by atoms with E-state index < -0.39 is 13.3 Å². The summed E-state index contributed by atoms with van der Waals surface area (Å²) in [5.74, 6) is -0.172. The normalized spacial score (nSPS) is 26.7. The van der Waals surface area contributed by atoms with Crippen molar-refractivity contribution in [2.75, 3.05) is 26.4 Å². The monoisotopic (exact) mass is 401 g/mol. The minimum Gasteiger partial charge on any atom is -0.377 e. The Morgan fingerprint density at radius 1 is 1.15 bits per heavy atom. The van der Waals surface area contributed by atoms with Crippen LogP contribution in [-0.4, -0.2) is 48.9 Å². The van der Waals surface area contributed by atoms with Crippen molar-refractivity contribution in [3.05, 3.63) is 34.9 Å². The first-order valence-corrected chi connectivity index (χ1v) is 11.0. The Balaban J connectivity index is 1.90. The standard InChI is InChI=1S/C18H25ClNO5P/c1-3-24-26(22,25-4-2)17-10-9-15-11-23-12-16(20(15)18(17)21)13-5-7-14(19)8-6-13/h5-8,15-17H,3-4,9-12H2,1-2H3/t15-,16-,17?/m0/s1. The van der Waals surface area contributed by atoms with Gasteiger partial charge in [0.15, 0.2) is 0 Å². The Kier molecular flexibility index (Phi) is 6.41. The maximum absolute atomic E-state index is 13.3. The number of fused-ring (bicyclic) bond motifs is 1. The summed E-state index contributed by atoms with van der Waals surface area (Å²) in [6.07, 6.45) is 1.19. The molecule has 3 atom stereocenters. The highest BCUT2D eigenvalue weighted by Gasteiger charge is 2.50. The van der Waals surface area contributed by atoms with Crippen molar-refractivity contribution >= 4 is 25.1 Å². The number of hydrogen-bond donors (Lipinski definition) is 0. The van der Waals surface area contributed by atoms with Gasteiger partial charge in [0.25, 0.3) is 0 Å². The smallest absolute Gasteiger partial charge is 0.343 e. The summed E-state index contributed by atoms with van der Waals surface area (Å²) in [7, 11) is -3.49. The molecule has 0 aromatic heterocycles.